The molecular weight excluding hydrogens is 390 g/mol. The molecule has 0 radical (unpaired) electrons. The molecule has 1 aliphatic heterocycles. The van der Waals surface area contributed by atoms with E-state index in [9.17, 15) is 0 Å². The third-order valence-corrected chi connectivity index (χ3v) is 6.30. The number of ether oxygens (including phenoxy) is 2. The van der Waals surface area contributed by atoms with E-state index in [1.165, 1.54) is 23.8 Å². The molecule has 0 spiro atoms. The van der Waals surface area contributed by atoms with Crippen LogP contribution in [0, 0.1) is 0 Å². The summed E-state index contributed by atoms with van der Waals surface area (Å²) in [5, 5.41) is 5.29. The van der Waals surface area contributed by atoms with Gasteiger partial charge in [-0.25, -0.2) is 9.97 Å². The molecule has 7 heteroatoms. The zero-order valence-electron chi connectivity index (χ0n) is 17.5. The summed E-state index contributed by atoms with van der Waals surface area (Å²) in [5.74, 6) is 2.38. The number of fused-ring (bicyclic) bond motifs is 2. The molecule has 1 aliphatic carbocycles. The van der Waals surface area contributed by atoms with E-state index in [2.05, 4.69) is 37.0 Å². The highest BCUT2D eigenvalue weighted by atomic mass is 16.6. The number of hydrogen-bond donors (Lipinski definition) is 1. The largest absolute Gasteiger partial charge is 0.491 e. The molecular formula is C24H25N5O2. The fourth-order valence-electron chi connectivity index (χ4n) is 4.45. The van der Waals surface area contributed by atoms with Crippen molar-refractivity contribution >= 4 is 27.8 Å². The Morgan fingerprint density at radius 3 is 2.90 bits per heavy atom. The Kier molecular flexibility index (Phi) is 4.49. The number of hydrogen-bond acceptors (Lipinski definition) is 6. The average Bonchev–Trinajstić information content (AvgIpc) is 3.40. The van der Waals surface area contributed by atoms with Gasteiger partial charge in [-0.15, -0.1) is 0 Å². The van der Waals surface area contributed by atoms with Crippen molar-refractivity contribution in [3.8, 4) is 5.75 Å². The van der Waals surface area contributed by atoms with Crippen molar-refractivity contribution in [2.45, 2.75) is 43.9 Å². The Balaban J connectivity index is 1.12. The molecule has 0 amide bonds. The van der Waals surface area contributed by atoms with Crippen LogP contribution in [0.2, 0.25) is 0 Å². The molecule has 3 aromatic heterocycles. The van der Waals surface area contributed by atoms with E-state index in [4.69, 9.17) is 9.47 Å². The molecule has 4 aromatic rings. The summed E-state index contributed by atoms with van der Waals surface area (Å²) in [6.07, 6.45) is 10.1. The lowest BCUT2D eigenvalue weighted by Crippen LogP contribution is -2.18. The predicted octanol–water partition coefficient (Wildman–Crippen LogP) is 4.66. The summed E-state index contributed by atoms with van der Waals surface area (Å²) in [7, 11) is 1.87. The van der Waals surface area contributed by atoms with E-state index in [0.717, 1.165) is 41.0 Å². The van der Waals surface area contributed by atoms with Crippen LogP contribution in [0.1, 0.15) is 43.4 Å². The second-order valence-corrected chi connectivity index (χ2v) is 8.43. The van der Waals surface area contributed by atoms with Crippen molar-refractivity contribution in [2.75, 3.05) is 19.0 Å². The summed E-state index contributed by atoms with van der Waals surface area (Å²) < 4.78 is 14.4. The molecule has 6 rings (SSSR count). The second-order valence-electron chi connectivity index (χ2n) is 8.43. The number of aromatic nitrogens is 4. The van der Waals surface area contributed by atoms with Gasteiger partial charge in [0.05, 0.1) is 17.0 Å². The van der Waals surface area contributed by atoms with Gasteiger partial charge >= 0.3 is 0 Å². The van der Waals surface area contributed by atoms with Gasteiger partial charge in [-0.1, -0.05) is 0 Å². The Bertz CT molecular complexity index is 1250. The zero-order chi connectivity index (χ0) is 20.8. The molecule has 1 saturated heterocycles. The molecule has 2 fully saturated rings. The Morgan fingerprint density at radius 2 is 2.03 bits per heavy atom. The maximum Gasteiger partial charge on any atom is 0.147 e. The molecule has 1 saturated carbocycles. The molecule has 158 valence electrons. The maximum absolute atomic E-state index is 6.29. The van der Waals surface area contributed by atoms with Gasteiger partial charge in [0, 0.05) is 30.9 Å². The molecule has 0 bridgehead atoms. The predicted molar refractivity (Wildman–Crippen MR) is 119 cm³/mol. The summed E-state index contributed by atoms with van der Waals surface area (Å²) >= 11 is 0. The van der Waals surface area contributed by atoms with Crippen LogP contribution in [0.4, 0.5) is 5.82 Å². The van der Waals surface area contributed by atoms with Gasteiger partial charge in [0.15, 0.2) is 0 Å². The van der Waals surface area contributed by atoms with Gasteiger partial charge in [0.25, 0.3) is 0 Å². The number of anilines is 1. The van der Waals surface area contributed by atoms with E-state index in [1.54, 1.807) is 6.33 Å². The first-order chi connectivity index (χ1) is 15.3. The van der Waals surface area contributed by atoms with Crippen molar-refractivity contribution in [3.63, 3.8) is 0 Å². The minimum absolute atomic E-state index is 0.0372. The fourth-order valence-corrected chi connectivity index (χ4v) is 4.45. The minimum Gasteiger partial charge on any atom is -0.491 e. The smallest absolute Gasteiger partial charge is 0.147 e. The first-order valence-corrected chi connectivity index (χ1v) is 11.0. The lowest BCUT2D eigenvalue weighted by atomic mass is 10.1. The summed E-state index contributed by atoms with van der Waals surface area (Å²) in [6, 6.07) is 10.5. The third-order valence-electron chi connectivity index (χ3n) is 6.30. The number of benzene rings is 1. The maximum atomic E-state index is 6.29. The van der Waals surface area contributed by atoms with Crippen LogP contribution in [-0.4, -0.2) is 39.3 Å². The highest BCUT2D eigenvalue weighted by molar-refractivity contribution is 5.87. The SMILES string of the molecule is CNc1ncnc2c1ccn2C1CCC(COc2ccc3cc(C4CC4)cnc3c2)O1. The highest BCUT2D eigenvalue weighted by Crippen LogP contribution is 2.40. The molecule has 2 unspecified atom stereocenters. The van der Waals surface area contributed by atoms with Gasteiger partial charge in [0.2, 0.25) is 0 Å². The third kappa shape index (κ3) is 3.49. The van der Waals surface area contributed by atoms with Gasteiger partial charge in [-0.05, 0) is 61.4 Å². The first-order valence-electron chi connectivity index (χ1n) is 11.0. The van der Waals surface area contributed by atoms with E-state index in [1.807, 2.05) is 37.6 Å². The van der Waals surface area contributed by atoms with Crippen LogP contribution >= 0.6 is 0 Å². The normalized spacial score (nSPS) is 21.1. The molecule has 1 N–H and O–H groups in total. The van der Waals surface area contributed by atoms with Gasteiger partial charge in [-0.3, -0.25) is 4.98 Å². The quantitative estimate of drug-likeness (QED) is 0.494. The summed E-state index contributed by atoms with van der Waals surface area (Å²) in [5.41, 5.74) is 3.22. The zero-order valence-corrected chi connectivity index (χ0v) is 17.5. The lowest BCUT2D eigenvalue weighted by Gasteiger charge is -2.16. The summed E-state index contributed by atoms with van der Waals surface area (Å²) in [6.45, 7) is 0.526. The number of pyridine rings is 1. The Hall–Kier alpha value is -3.19. The van der Waals surface area contributed by atoms with E-state index >= 15 is 0 Å². The van der Waals surface area contributed by atoms with E-state index in [-0.39, 0.29) is 12.3 Å². The van der Waals surface area contributed by atoms with Gasteiger partial charge in [0.1, 0.15) is 36.4 Å². The van der Waals surface area contributed by atoms with Crippen LogP contribution in [0.3, 0.4) is 0 Å². The van der Waals surface area contributed by atoms with Crippen molar-refractivity contribution in [2.24, 2.45) is 0 Å². The number of nitrogens with zero attached hydrogens (tertiary/aromatic N) is 4. The Morgan fingerprint density at radius 1 is 1.10 bits per heavy atom. The Labute approximate surface area is 180 Å². The monoisotopic (exact) mass is 415 g/mol. The number of rotatable bonds is 6. The molecule has 2 atom stereocenters. The van der Waals surface area contributed by atoms with Crippen LogP contribution in [0.5, 0.6) is 5.75 Å². The van der Waals surface area contributed by atoms with Crippen molar-refractivity contribution < 1.29 is 9.47 Å². The summed E-state index contributed by atoms with van der Waals surface area (Å²) in [4.78, 5) is 13.4. The standard InChI is InChI=1S/C24H25N5O2/c1-25-23-20-8-9-29(24(20)28-14-27-23)22-7-6-19(31-22)13-30-18-5-4-16-10-17(15-2-3-15)12-26-21(16)11-18/h4-5,8-12,14-15,19,22H,2-3,6-7,13H2,1H3,(H,25,27,28). The van der Waals surface area contributed by atoms with E-state index < -0.39 is 0 Å². The first kappa shape index (κ1) is 18.6. The highest BCUT2D eigenvalue weighted by Gasteiger charge is 2.28. The molecule has 7 nitrogen and oxygen atoms in total. The molecule has 2 aliphatic rings. The van der Waals surface area contributed by atoms with Gasteiger partial charge in [-0.2, -0.15) is 0 Å². The van der Waals surface area contributed by atoms with Crippen LogP contribution < -0.4 is 10.1 Å². The van der Waals surface area contributed by atoms with E-state index in [0.29, 0.717) is 12.5 Å². The topological polar surface area (TPSA) is 74.1 Å². The number of nitrogens with one attached hydrogen (secondary N) is 1. The minimum atomic E-state index is -0.0372. The second kappa shape index (κ2) is 7.50. The lowest BCUT2D eigenvalue weighted by molar-refractivity contribution is -0.0156. The average molecular weight is 415 g/mol. The van der Waals surface area contributed by atoms with Crippen LogP contribution in [0.15, 0.2) is 49.1 Å². The molecule has 1 aromatic carbocycles. The van der Waals surface area contributed by atoms with Crippen LogP contribution in [-0.2, 0) is 4.74 Å². The van der Waals surface area contributed by atoms with Gasteiger partial charge < -0.3 is 19.4 Å². The van der Waals surface area contributed by atoms with Crippen LogP contribution in [0.25, 0.3) is 21.9 Å². The fraction of sp³-hybridized carbons (Fsp3) is 0.375. The van der Waals surface area contributed by atoms with Crippen molar-refractivity contribution in [3.05, 3.63) is 54.6 Å². The molecule has 31 heavy (non-hydrogen) atoms. The molecule has 4 heterocycles. The van der Waals surface area contributed by atoms with Crippen molar-refractivity contribution in [1.29, 1.82) is 0 Å². The van der Waals surface area contributed by atoms with Crippen molar-refractivity contribution in [1.82, 2.24) is 19.5 Å².